The number of benzene rings is 1. The minimum absolute atomic E-state index is 0.0288. The van der Waals surface area contributed by atoms with Crippen molar-refractivity contribution in [1.29, 1.82) is 0 Å². The Labute approximate surface area is 114 Å². The average Bonchev–Trinajstić information content (AvgIpc) is 2.37. The summed E-state index contributed by atoms with van der Waals surface area (Å²) in [6, 6.07) is 8.02. The van der Waals surface area contributed by atoms with Gasteiger partial charge in [-0.15, -0.1) is 0 Å². The lowest BCUT2D eigenvalue weighted by atomic mass is 9.98. The SMILES string of the molecule is CCNC(=O)c1cc(C)nc2ccc(C(C)C)cc12. The molecule has 1 amide bonds. The maximum absolute atomic E-state index is 12.2. The van der Waals surface area contributed by atoms with Crippen molar-refractivity contribution in [3.8, 4) is 0 Å². The van der Waals surface area contributed by atoms with Crippen molar-refractivity contribution >= 4 is 16.8 Å². The van der Waals surface area contributed by atoms with E-state index < -0.39 is 0 Å². The molecule has 0 aliphatic heterocycles. The molecule has 0 saturated carbocycles. The van der Waals surface area contributed by atoms with Gasteiger partial charge in [-0.25, -0.2) is 0 Å². The van der Waals surface area contributed by atoms with E-state index in [1.54, 1.807) is 0 Å². The fourth-order valence-electron chi connectivity index (χ4n) is 2.18. The zero-order valence-corrected chi connectivity index (χ0v) is 11.9. The molecule has 1 aromatic heterocycles. The Morgan fingerprint density at radius 1 is 1.32 bits per heavy atom. The molecule has 0 atom stereocenters. The van der Waals surface area contributed by atoms with E-state index >= 15 is 0 Å². The Balaban J connectivity index is 2.65. The number of nitrogens with zero attached hydrogens (tertiary/aromatic N) is 1. The third-order valence-corrected chi connectivity index (χ3v) is 3.21. The minimum Gasteiger partial charge on any atom is -0.352 e. The van der Waals surface area contributed by atoms with Gasteiger partial charge in [0.15, 0.2) is 0 Å². The summed E-state index contributed by atoms with van der Waals surface area (Å²) >= 11 is 0. The molecule has 0 aliphatic carbocycles. The van der Waals surface area contributed by atoms with Gasteiger partial charge in [0.1, 0.15) is 0 Å². The van der Waals surface area contributed by atoms with Gasteiger partial charge in [-0.1, -0.05) is 19.9 Å². The summed E-state index contributed by atoms with van der Waals surface area (Å²) < 4.78 is 0. The molecule has 1 heterocycles. The summed E-state index contributed by atoms with van der Waals surface area (Å²) in [5.41, 5.74) is 3.69. The average molecular weight is 256 g/mol. The van der Waals surface area contributed by atoms with E-state index in [0.717, 1.165) is 16.6 Å². The van der Waals surface area contributed by atoms with Crippen LogP contribution >= 0.6 is 0 Å². The number of nitrogens with one attached hydrogen (secondary N) is 1. The molecule has 0 radical (unpaired) electrons. The second-order valence-corrected chi connectivity index (χ2v) is 5.10. The number of carbonyl (C=O) groups excluding carboxylic acids is 1. The van der Waals surface area contributed by atoms with Crippen molar-refractivity contribution < 1.29 is 4.79 Å². The van der Waals surface area contributed by atoms with Crippen LogP contribution in [0.15, 0.2) is 24.3 Å². The van der Waals surface area contributed by atoms with Gasteiger partial charge in [0, 0.05) is 17.6 Å². The molecule has 3 heteroatoms. The Hall–Kier alpha value is -1.90. The summed E-state index contributed by atoms with van der Waals surface area (Å²) in [7, 11) is 0. The van der Waals surface area contributed by atoms with Gasteiger partial charge in [0.05, 0.1) is 11.1 Å². The molecule has 1 aromatic carbocycles. The van der Waals surface area contributed by atoms with Gasteiger partial charge in [-0.3, -0.25) is 9.78 Å². The fourth-order valence-corrected chi connectivity index (χ4v) is 2.18. The lowest BCUT2D eigenvalue weighted by molar-refractivity contribution is 0.0957. The van der Waals surface area contributed by atoms with Crippen LogP contribution in [0, 0.1) is 6.92 Å². The van der Waals surface area contributed by atoms with Crippen LogP contribution in [0.25, 0.3) is 10.9 Å². The molecule has 19 heavy (non-hydrogen) atoms. The van der Waals surface area contributed by atoms with E-state index in [2.05, 4.69) is 36.3 Å². The molecule has 0 saturated heterocycles. The normalized spacial score (nSPS) is 11.0. The molecule has 0 bridgehead atoms. The van der Waals surface area contributed by atoms with Crippen LogP contribution in [-0.2, 0) is 0 Å². The fraction of sp³-hybridized carbons (Fsp3) is 0.375. The van der Waals surface area contributed by atoms with E-state index in [9.17, 15) is 4.79 Å². The zero-order chi connectivity index (χ0) is 14.0. The van der Waals surface area contributed by atoms with Crippen LogP contribution in [0.2, 0.25) is 0 Å². The first-order valence-electron chi connectivity index (χ1n) is 6.72. The number of hydrogen-bond acceptors (Lipinski definition) is 2. The predicted octanol–water partition coefficient (Wildman–Crippen LogP) is 3.42. The van der Waals surface area contributed by atoms with Crippen LogP contribution in [0.3, 0.4) is 0 Å². The first-order valence-corrected chi connectivity index (χ1v) is 6.72. The number of amides is 1. The standard InChI is InChI=1S/C16H20N2O/c1-5-17-16(19)14-8-11(4)18-15-7-6-12(10(2)3)9-13(14)15/h6-10H,5H2,1-4H3,(H,17,19). The topological polar surface area (TPSA) is 42.0 Å². The molecular weight excluding hydrogens is 236 g/mol. The largest absolute Gasteiger partial charge is 0.352 e. The lowest BCUT2D eigenvalue weighted by Gasteiger charge is -2.11. The number of rotatable bonds is 3. The number of aryl methyl sites for hydroxylation is 1. The Morgan fingerprint density at radius 2 is 2.05 bits per heavy atom. The second-order valence-electron chi connectivity index (χ2n) is 5.10. The lowest BCUT2D eigenvalue weighted by Crippen LogP contribution is -2.23. The highest BCUT2D eigenvalue weighted by Crippen LogP contribution is 2.24. The molecule has 3 nitrogen and oxygen atoms in total. The summed E-state index contributed by atoms with van der Waals surface area (Å²) in [4.78, 5) is 16.7. The van der Waals surface area contributed by atoms with E-state index in [1.165, 1.54) is 5.56 Å². The molecular formula is C16H20N2O. The van der Waals surface area contributed by atoms with Crippen molar-refractivity contribution in [1.82, 2.24) is 10.3 Å². The van der Waals surface area contributed by atoms with Crippen LogP contribution in [0.5, 0.6) is 0 Å². The highest BCUT2D eigenvalue weighted by atomic mass is 16.1. The number of carbonyl (C=O) groups is 1. The number of hydrogen-bond donors (Lipinski definition) is 1. The molecule has 0 aliphatic rings. The van der Waals surface area contributed by atoms with Crippen LogP contribution in [0.1, 0.15) is 48.3 Å². The maximum atomic E-state index is 12.2. The smallest absolute Gasteiger partial charge is 0.252 e. The monoisotopic (exact) mass is 256 g/mol. The van der Waals surface area contributed by atoms with E-state index in [4.69, 9.17) is 0 Å². The molecule has 1 N–H and O–H groups in total. The van der Waals surface area contributed by atoms with Gasteiger partial charge in [0.2, 0.25) is 0 Å². The Morgan fingerprint density at radius 3 is 2.68 bits per heavy atom. The van der Waals surface area contributed by atoms with Crippen molar-refractivity contribution in [2.75, 3.05) is 6.54 Å². The maximum Gasteiger partial charge on any atom is 0.252 e. The van der Waals surface area contributed by atoms with Gasteiger partial charge >= 0.3 is 0 Å². The summed E-state index contributed by atoms with van der Waals surface area (Å²) in [5, 5.41) is 3.80. The van der Waals surface area contributed by atoms with Gasteiger partial charge in [-0.05, 0) is 43.5 Å². The van der Waals surface area contributed by atoms with E-state index in [-0.39, 0.29) is 5.91 Å². The van der Waals surface area contributed by atoms with Crippen molar-refractivity contribution in [2.45, 2.75) is 33.6 Å². The van der Waals surface area contributed by atoms with Gasteiger partial charge in [-0.2, -0.15) is 0 Å². The first-order chi connectivity index (χ1) is 9.02. The first kappa shape index (κ1) is 13.5. The van der Waals surface area contributed by atoms with E-state index in [0.29, 0.717) is 18.0 Å². The minimum atomic E-state index is -0.0288. The molecule has 2 aromatic rings. The zero-order valence-electron chi connectivity index (χ0n) is 11.9. The van der Waals surface area contributed by atoms with Crippen molar-refractivity contribution in [2.24, 2.45) is 0 Å². The highest BCUT2D eigenvalue weighted by Gasteiger charge is 2.12. The van der Waals surface area contributed by atoms with Crippen molar-refractivity contribution in [3.05, 3.63) is 41.1 Å². The quantitative estimate of drug-likeness (QED) is 0.914. The van der Waals surface area contributed by atoms with Crippen LogP contribution in [0.4, 0.5) is 0 Å². The summed E-state index contributed by atoms with van der Waals surface area (Å²) in [6.45, 7) is 8.76. The van der Waals surface area contributed by atoms with Crippen molar-refractivity contribution in [3.63, 3.8) is 0 Å². The molecule has 0 spiro atoms. The van der Waals surface area contributed by atoms with Crippen LogP contribution < -0.4 is 5.32 Å². The summed E-state index contributed by atoms with van der Waals surface area (Å²) in [6.07, 6.45) is 0. The molecule has 0 unspecified atom stereocenters. The number of aromatic nitrogens is 1. The van der Waals surface area contributed by atoms with Gasteiger partial charge in [0.25, 0.3) is 5.91 Å². The molecule has 0 fully saturated rings. The predicted molar refractivity (Wildman–Crippen MR) is 78.6 cm³/mol. The summed E-state index contributed by atoms with van der Waals surface area (Å²) in [5.74, 6) is 0.409. The molecule has 100 valence electrons. The Bertz CT molecular complexity index is 617. The van der Waals surface area contributed by atoms with Gasteiger partial charge < -0.3 is 5.32 Å². The van der Waals surface area contributed by atoms with E-state index in [1.807, 2.05) is 26.0 Å². The third kappa shape index (κ3) is 2.75. The highest BCUT2D eigenvalue weighted by molar-refractivity contribution is 6.06. The van der Waals surface area contributed by atoms with Crippen LogP contribution in [-0.4, -0.2) is 17.4 Å². The number of pyridine rings is 1. The molecule has 2 rings (SSSR count). The second kappa shape index (κ2) is 5.39. The third-order valence-electron chi connectivity index (χ3n) is 3.21. The number of fused-ring (bicyclic) bond motifs is 1. The Kier molecular flexibility index (Phi) is 3.84.